The number of unbranched alkanes of at least 4 members (excludes halogenated alkanes) is 2. The molecule has 0 aromatic carbocycles. The number of nitrogens with one attached hydrogen (secondary N) is 1. The number of rotatable bonds is 6. The summed E-state index contributed by atoms with van der Waals surface area (Å²) >= 11 is 0. The Morgan fingerprint density at radius 3 is 2.39 bits per heavy atom. The van der Waals surface area contributed by atoms with Crippen molar-refractivity contribution in [1.82, 2.24) is 10.2 Å². The van der Waals surface area contributed by atoms with Gasteiger partial charge in [-0.1, -0.05) is 19.8 Å². The van der Waals surface area contributed by atoms with Crippen LogP contribution in [0.15, 0.2) is 0 Å². The molecule has 1 N–H and O–H groups in total. The lowest BCUT2D eigenvalue weighted by molar-refractivity contribution is -0.143. The Morgan fingerprint density at radius 1 is 1.17 bits per heavy atom. The summed E-state index contributed by atoms with van der Waals surface area (Å²) in [5.74, 6) is 0.0449. The first-order chi connectivity index (χ1) is 8.70. The van der Waals surface area contributed by atoms with Crippen LogP contribution in [0.1, 0.15) is 51.9 Å². The molecule has 0 bridgehead atoms. The standard InChI is InChI=1S/C14H24N2O2/c1-2-3-4-9-15-12(17)14(7-8-14)13(18)16-10-5-6-11-16/h2-11H2,1H3,(H,15,17). The number of hydrogen-bond donors (Lipinski definition) is 1. The monoisotopic (exact) mass is 252 g/mol. The molecule has 0 unspecified atom stereocenters. The Bertz CT molecular complexity index is 318. The topological polar surface area (TPSA) is 49.4 Å². The molecule has 1 aliphatic heterocycles. The lowest BCUT2D eigenvalue weighted by Crippen LogP contribution is -2.44. The second-order valence-electron chi connectivity index (χ2n) is 5.54. The van der Waals surface area contributed by atoms with E-state index >= 15 is 0 Å². The smallest absolute Gasteiger partial charge is 0.238 e. The molecule has 0 aromatic heterocycles. The van der Waals surface area contributed by atoms with Crippen LogP contribution in [0, 0.1) is 5.41 Å². The SMILES string of the molecule is CCCCCNC(=O)C1(C(=O)N2CCCC2)CC1. The highest BCUT2D eigenvalue weighted by atomic mass is 16.2. The molecule has 0 radical (unpaired) electrons. The predicted molar refractivity (Wildman–Crippen MR) is 70.0 cm³/mol. The minimum Gasteiger partial charge on any atom is -0.355 e. The molecule has 2 amide bonds. The molecule has 4 nitrogen and oxygen atoms in total. The Morgan fingerprint density at radius 2 is 1.83 bits per heavy atom. The van der Waals surface area contributed by atoms with Crippen molar-refractivity contribution in [3.05, 3.63) is 0 Å². The number of carbonyl (C=O) groups is 2. The maximum atomic E-state index is 12.3. The van der Waals surface area contributed by atoms with Gasteiger partial charge in [-0.2, -0.15) is 0 Å². The number of likely N-dealkylation sites (tertiary alicyclic amines) is 1. The van der Waals surface area contributed by atoms with Crippen LogP contribution >= 0.6 is 0 Å². The van der Waals surface area contributed by atoms with Crippen molar-refractivity contribution in [2.24, 2.45) is 5.41 Å². The molecular weight excluding hydrogens is 228 g/mol. The summed E-state index contributed by atoms with van der Waals surface area (Å²) in [5, 5.41) is 2.94. The highest BCUT2D eigenvalue weighted by Crippen LogP contribution is 2.47. The summed E-state index contributed by atoms with van der Waals surface area (Å²) in [4.78, 5) is 26.3. The van der Waals surface area contributed by atoms with Crippen molar-refractivity contribution in [3.63, 3.8) is 0 Å². The maximum Gasteiger partial charge on any atom is 0.238 e. The summed E-state index contributed by atoms with van der Waals surface area (Å²) in [6, 6.07) is 0. The number of hydrogen-bond acceptors (Lipinski definition) is 2. The second kappa shape index (κ2) is 5.72. The van der Waals surface area contributed by atoms with E-state index in [1.807, 2.05) is 4.90 Å². The molecule has 4 heteroatoms. The third kappa shape index (κ3) is 2.68. The molecule has 1 heterocycles. The predicted octanol–water partition coefficient (Wildman–Crippen LogP) is 1.70. The van der Waals surface area contributed by atoms with Gasteiger partial charge in [0.1, 0.15) is 5.41 Å². The zero-order chi connectivity index (χ0) is 13.0. The average molecular weight is 252 g/mol. The van der Waals surface area contributed by atoms with Gasteiger partial charge in [0.2, 0.25) is 11.8 Å². The lowest BCUT2D eigenvalue weighted by atomic mass is 10.0. The van der Waals surface area contributed by atoms with Crippen LogP contribution in [0.2, 0.25) is 0 Å². The highest BCUT2D eigenvalue weighted by molar-refractivity contribution is 6.07. The number of carbonyl (C=O) groups excluding carboxylic acids is 2. The van der Waals surface area contributed by atoms with E-state index in [-0.39, 0.29) is 11.8 Å². The Balaban J connectivity index is 1.82. The van der Waals surface area contributed by atoms with Crippen LogP contribution in [0.3, 0.4) is 0 Å². The molecule has 2 aliphatic rings. The number of nitrogens with zero attached hydrogens (tertiary/aromatic N) is 1. The normalized spacial score (nSPS) is 20.8. The van der Waals surface area contributed by atoms with Crippen molar-refractivity contribution in [2.75, 3.05) is 19.6 Å². The summed E-state index contributed by atoms with van der Waals surface area (Å²) in [6.07, 6.45) is 6.93. The third-order valence-corrected chi connectivity index (χ3v) is 4.05. The maximum absolute atomic E-state index is 12.3. The fraction of sp³-hybridized carbons (Fsp3) is 0.857. The minimum atomic E-state index is -0.684. The van der Waals surface area contributed by atoms with E-state index in [1.165, 1.54) is 0 Å². The Labute approximate surface area is 109 Å². The molecule has 0 atom stereocenters. The minimum absolute atomic E-state index is 0.0319. The van der Waals surface area contributed by atoms with Gasteiger partial charge < -0.3 is 10.2 Å². The molecule has 2 fully saturated rings. The van der Waals surface area contributed by atoms with Crippen molar-refractivity contribution < 1.29 is 9.59 Å². The molecule has 102 valence electrons. The van der Waals surface area contributed by atoms with Crippen LogP contribution in [-0.2, 0) is 9.59 Å². The quantitative estimate of drug-likeness (QED) is 0.578. The van der Waals surface area contributed by atoms with Gasteiger partial charge >= 0.3 is 0 Å². The van der Waals surface area contributed by atoms with Gasteiger partial charge in [-0.05, 0) is 32.1 Å². The molecule has 1 aliphatic carbocycles. The highest BCUT2D eigenvalue weighted by Gasteiger charge is 2.57. The first kappa shape index (κ1) is 13.4. The van der Waals surface area contributed by atoms with Crippen molar-refractivity contribution in [3.8, 4) is 0 Å². The van der Waals surface area contributed by atoms with E-state index in [9.17, 15) is 9.59 Å². The fourth-order valence-electron chi connectivity index (χ4n) is 2.63. The van der Waals surface area contributed by atoms with Crippen LogP contribution in [0.4, 0.5) is 0 Å². The molecular formula is C14H24N2O2. The van der Waals surface area contributed by atoms with Gasteiger partial charge in [-0.15, -0.1) is 0 Å². The fourth-order valence-corrected chi connectivity index (χ4v) is 2.63. The van der Waals surface area contributed by atoms with E-state index in [0.29, 0.717) is 6.54 Å². The van der Waals surface area contributed by atoms with E-state index in [1.54, 1.807) is 0 Å². The molecule has 1 saturated carbocycles. The zero-order valence-corrected chi connectivity index (χ0v) is 11.3. The lowest BCUT2D eigenvalue weighted by Gasteiger charge is -2.22. The van der Waals surface area contributed by atoms with Gasteiger partial charge in [0.05, 0.1) is 0 Å². The van der Waals surface area contributed by atoms with Crippen molar-refractivity contribution in [1.29, 1.82) is 0 Å². The Kier molecular flexibility index (Phi) is 4.25. The van der Waals surface area contributed by atoms with Gasteiger partial charge in [-0.3, -0.25) is 9.59 Å². The summed E-state index contributed by atoms with van der Waals surface area (Å²) in [6.45, 7) is 4.52. The van der Waals surface area contributed by atoms with Crippen LogP contribution in [0.5, 0.6) is 0 Å². The van der Waals surface area contributed by atoms with E-state index < -0.39 is 5.41 Å². The Hall–Kier alpha value is -1.06. The summed E-state index contributed by atoms with van der Waals surface area (Å²) < 4.78 is 0. The average Bonchev–Trinajstić information content (AvgIpc) is 3.01. The first-order valence-corrected chi connectivity index (χ1v) is 7.28. The van der Waals surface area contributed by atoms with Gasteiger partial charge in [0.25, 0.3) is 0 Å². The van der Waals surface area contributed by atoms with Gasteiger partial charge in [-0.25, -0.2) is 0 Å². The van der Waals surface area contributed by atoms with E-state index in [2.05, 4.69) is 12.2 Å². The van der Waals surface area contributed by atoms with E-state index in [0.717, 1.165) is 58.0 Å². The zero-order valence-electron chi connectivity index (χ0n) is 11.3. The van der Waals surface area contributed by atoms with Crippen LogP contribution in [-0.4, -0.2) is 36.3 Å². The summed E-state index contributed by atoms with van der Waals surface area (Å²) in [5.41, 5.74) is -0.684. The largest absolute Gasteiger partial charge is 0.355 e. The van der Waals surface area contributed by atoms with Gasteiger partial charge in [0, 0.05) is 19.6 Å². The first-order valence-electron chi connectivity index (χ1n) is 7.28. The molecule has 18 heavy (non-hydrogen) atoms. The summed E-state index contributed by atoms with van der Waals surface area (Å²) in [7, 11) is 0. The molecule has 1 saturated heterocycles. The third-order valence-electron chi connectivity index (χ3n) is 4.05. The molecule has 2 rings (SSSR count). The van der Waals surface area contributed by atoms with Crippen molar-refractivity contribution in [2.45, 2.75) is 51.9 Å². The van der Waals surface area contributed by atoms with Crippen molar-refractivity contribution >= 4 is 11.8 Å². The van der Waals surface area contributed by atoms with E-state index in [4.69, 9.17) is 0 Å². The number of amides is 2. The second-order valence-corrected chi connectivity index (χ2v) is 5.54. The molecule has 0 aromatic rings. The van der Waals surface area contributed by atoms with Gasteiger partial charge in [0.15, 0.2) is 0 Å². The molecule has 0 spiro atoms. The van der Waals surface area contributed by atoms with Crippen LogP contribution in [0.25, 0.3) is 0 Å². The van der Waals surface area contributed by atoms with Crippen LogP contribution < -0.4 is 5.32 Å².